The van der Waals surface area contributed by atoms with Crippen LogP contribution in [-0.2, 0) is 6.54 Å². The number of hydrogen-bond donors (Lipinski definition) is 2. The summed E-state index contributed by atoms with van der Waals surface area (Å²) in [4.78, 5) is 12.3. The Labute approximate surface area is 172 Å². The highest BCUT2D eigenvalue weighted by atomic mass is 16.5. The third kappa shape index (κ3) is 4.43. The molecule has 2 N–H and O–H groups in total. The van der Waals surface area contributed by atoms with Crippen molar-refractivity contribution < 1.29 is 9.53 Å². The van der Waals surface area contributed by atoms with E-state index in [4.69, 9.17) is 4.74 Å². The van der Waals surface area contributed by atoms with E-state index >= 15 is 0 Å². The Morgan fingerprint density at radius 3 is 2.60 bits per heavy atom. The van der Waals surface area contributed by atoms with Crippen LogP contribution in [0.5, 0.6) is 5.75 Å². The van der Waals surface area contributed by atoms with Crippen LogP contribution < -0.4 is 15.4 Å². The number of carbonyl (C=O) groups excluding carboxylic acids is 1. The first-order valence-electron chi connectivity index (χ1n) is 9.18. The van der Waals surface area contributed by atoms with E-state index in [1.165, 1.54) is 6.33 Å². The number of carbonyl (C=O) groups is 1. The van der Waals surface area contributed by atoms with E-state index in [-0.39, 0.29) is 6.03 Å². The fourth-order valence-electron chi connectivity index (χ4n) is 2.99. The van der Waals surface area contributed by atoms with Gasteiger partial charge in [0.05, 0.1) is 31.2 Å². The van der Waals surface area contributed by atoms with Gasteiger partial charge in [-0.2, -0.15) is 5.10 Å². The zero-order valence-electron chi connectivity index (χ0n) is 16.5. The molecule has 0 aliphatic rings. The smallest absolute Gasteiger partial charge is 0.323 e. The van der Waals surface area contributed by atoms with E-state index in [2.05, 4.69) is 31.3 Å². The minimum Gasteiger partial charge on any atom is -0.497 e. The zero-order valence-corrected chi connectivity index (χ0v) is 16.5. The van der Waals surface area contributed by atoms with Gasteiger partial charge in [-0.05, 0) is 58.8 Å². The van der Waals surface area contributed by atoms with Gasteiger partial charge in [0.15, 0.2) is 0 Å². The van der Waals surface area contributed by atoms with Crippen LogP contribution in [0.1, 0.15) is 11.1 Å². The second-order valence-electron chi connectivity index (χ2n) is 6.61. The standard InChI is InChI=1S/C20H20N8O2/c1-14-9-16(5-8-19(14)28-13-21-25-26-28)23-20(29)24-17-10-22-27(12-17)11-15-3-6-18(30-2)7-4-15/h3-10,12-13H,11H2,1-2H3,(H2,23,24,29). The molecule has 0 fully saturated rings. The molecule has 152 valence electrons. The number of ether oxygens (including phenoxy) is 1. The molecule has 2 aromatic heterocycles. The van der Waals surface area contributed by atoms with E-state index in [0.29, 0.717) is 17.9 Å². The second-order valence-corrected chi connectivity index (χ2v) is 6.61. The Balaban J connectivity index is 1.36. The molecular formula is C20H20N8O2. The van der Waals surface area contributed by atoms with Crippen LogP contribution in [0.4, 0.5) is 16.2 Å². The first kappa shape index (κ1) is 19.1. The maximum atomic E-state index is 12.3. The topological polar surface area (TPSA) is 112 Å². The van der Waals surface area contributed by atoms with Crippen LogP contribution in [0.3, 0.4) is 0 Å². The Morgan fingerprint density at radius 1 is 1.10 bits per heavy atom. The summed E-state index contributed by atoms with van der Waals surface area (Å²) in [6, 6.07) is 12.9. The van der Waals surface area contributed by atoms with E-state index < -0.39 is 0 Å². The lowest BCUT2D eigenvalue weighted by atomic mass is 10.2. The number of tetrazole rings is 1. The molecule has 2 heterocycles. The molecule has 30 heavy (non-hydrogen) atoms. The van der Waals surface area contributed by atoms with Crippen molar-refractivity contribution in [2.75, 3.05) is 17.7 Å². The molecular weight excluding hydrogens is 384 g/mol. The molecule has 2 aromatic carbocycles. The molecule has 4 rings (SSSR count). The average Bonchev–Trinajstić information content (AvgIpc) is 3.41. The lowest BCUT2D eigenvalue weighted by Crippen LogP contribution is -2.19. The lowest BCUT2D eigenvalue weighted by molar-refractivity contribution is 0.262. The monoisotopic (exact) mass is 404 g/mol. The van der Waals surface area contributed by atoms with Gasteiger partial charge in [0.1, 0.15) is 12.1 Å². The predicted molar refractivity (Wildman–Crippen MR) is 111 cm³/mol. The summed E-state index contributed by atoms with van der Waals surface area (Å²) >= 11 is 0. The Bertz CT molecular complexity index is 1140. The Morgan fingerprint density at radius 2 is 1.90 bits per heavy atom. The molecule has 0 spiro atoms. The largest absolute Gasteiger partial charge is 0.497 e. The fraction of sp³-hybridized carbons (Fsp3) is 0.150. The Kier molecular flexibility index (Phi) is 5.37. The van der Waals surface area contributed by atoms with Crippen LogP contribution in [0.25, 0.3) is 5.69 Å². The molecule has 0 bridgehead atoms. The first-order chi connectivity index (χ1) is 14.6. The van der Waals surface area contributed by atoms with Crippen LogP contribution in [0.2, 0.25) is 0 Å². The van der Waals surface area contributed by atoms with Gasteiger partial charge in [-0.25, -0.2) is 9.48 Å². The second kappa shape index (κ2) is 8.43. The summed E-state index contributed by atoms with van der Waals surface area (Å²) in [6.45, 7) is 2.51. The van der Waals surface area contributed by atoms with Crippen LogP contribution in [0.15, 0.2) is 61.2 Å². The molecule has 2 amide bonds. The summed E-state index contributed by atoms with van der Waals surface area (Å²) in [5.41, 5.74) is 4.10. The highest BCUT2D eigenvalue weighted by Gasteiger charge is 2.08. The maximum Gasteiger partial charge on any atom is 0.323 e. The van der Waals surface area contributed by atoms with Crippen molar-refractivity contribution in [1.82, 2.24) is 30.0 Å². The minimum atomic E-state index is -0.353. The first-order valence-corrected chi connectivity index (χ1v) is 9.18. The van der Waals surface area contributed by atoms with Crippen molar-refractivity contribution in [3.8, 4) is 11.4 Å². The van der Waals surface area contributed by atoms with Gasteiger partial charge in [0.25, 0.3) is 0 Å². The summed E-state index contributed by atoms with van der Waals surface area (Å²) in [6.07, 6.45) is 4.90. The molecule has 0 unspecified atom stereocenters. The quantitative estimate of drug-likeness (QED) is 0.511. The highest BCUT2D eigenvalue weighted by Crippen LogP contribution is 2.18. The normalized spacial score (nSPS) is 10.6. The molecule has 0 aliphatic carbocycles. The number of hydrogen-bond acceptors (Lipinski definition) is 6. The van der Waals surface area contributed by atoms with Gasteiger partial charge in [0, 0.05) is 11.9 Å². The molecule has 0 saturated heterocycles. The zero-order chi connectivity index (χ0) is 20.9. The van der Waals surface area contributed by atoms with E-state index in [1.807, 2.05) is 43.3 Å². The van der Waals surface area contributed by atoms with E-state index in [9.17, 15) is 4.79 Å². The summed E-state index contributed by atoms with van der Waals surface area (Å²) in [5.74, 6) is 0.805. The molecule has 10 heteroatoms. The third-order valence-corrected chi connectivity index (χ3v) is 4.45. The molecule has 0 aliphatic heterocycles. The summed E-state index contributed by atoms with van der Waals surface area (Å²) in [7, 11) is 1.63. The SMILES string of the molecule is COc1ccc(Cn2cc(NC(=O)Nc3ccc(-n4cnnn4)c(C)c3)cn2)cc1. The molecule has 0 saturated carbocycles. The number of aromatic nitrogens is 6. The van der Waals surface area contributed by atoms with Gasteiger partial charge in [-0.15, -0.1) is 5.10 Å². The molecule has 10 nitrogen and oxygen atoms in total. The summed E-state index contributed by atoms with van der Waals surface area (Å²) < 4.78 is 8.48. The van der Waals surface area contributed by atoms with Gasteiger partial charge in [-0.3, -0.25) is 4.68 Å². The minimum absolute atomic E-state index is 0.353. The third-order valence-electron chi connectivity index (χ3n) is 4.45. The number of nitrogens with one attached hydrogen (secondary N) is 2. The van der Waals surface area contributed by atoms with Crippen LogP contribution in [0, 0.1) is 6.92 Å². The van der Waals surface area contributed by atoms with Crippen molar-refractivity contribution in [2.24, 2.45) is 0 Å². The number of rotatable bonds is 6. The number of anilines is 2. The van der Waals surface area contributed by atoms with E-state index in [0.717, 1.165) is 22.6 Å². The number of urea groups is 1. The van der Waals surface area contributed by atoms with Crippen molar-refractivity contribution in [1.29, 1.82) is 0 Å². The van der Waals surface area contributed by atoms with E-state index in [1.54, 1.807) is 34.9 Å². The van der Waals surface area contributed by atoms with Crippen molar-refractivity contribution >= 4 is 17.4 Å². The van der Waals surface area contributed by atoms with Crippen LogP contribution in [-0.4, -0.2) is 43.1 Å². The lowest BCUT2D eigenvalue weighted by Gasteiger charge is -2.09. The molecule has 0 radical (unpaired) electrons. The van der Waals surface area contributed by atoms with Gasteiger partial charge < -0.3 is 15.4 Å². The fourth-order valence-corrected chi connectivity index (χ4v) is 2.99. The Hall–Kier alpha value is -4.21. The van der Waals surface area contributed by atoms with Crippen molar-refractivity contribution in [3.63, 3.8) is 0 Å². The highest BCUT2D eigenvalue weighted by molar-refractivity contribution is 5.99. The average molecular weight is 404 g/mol. The van der Waals surface area contributed by atoms with Gasteiger partial charge in [0.2, 0.25) is 0 Å². The van der Waals surface area contributed by atoms with Crippen LogP contribution >= 0.6 is 0 Å². The number of benzene rings is 2. The molecule has 0 atom stereocenters. The molecule has 4 aromatic rings. The van der Waals surface area contributed by atoms with Crippen molar-refractivity contribution in [3.05, 3.63) is 72.3 Å². The maximum absolute atomic E-state index is 12.3. The number of aryl methyl sites for hydroxylation is 1. The predicted octanol–water partition coefficient (Wildman–Crippen LogP) is 2.87. The number of nitrogens with zero attached hydrogens (tertiary/aromatic N) is 6. The van der Waals surface area contributed by atoms with Gasteiger partial charge >= 0.3 is 6.03 Å². The van der Waals surface area contributed by atoms with Crippen molar-refractivity contribution in [2.45, 2.75) is 13.5 Å². The number of methoxy groups -OCH3 is 1. The van der Waals surface area contributed by atoms with Gasteiger partial charge in [-0.1, -0.05) is 12.1 Å². The summed E-state index contributed by atoms with van der Waals surface area (Å²) in [5, 5.41) is 21.0. The number of amides is 2.